The minimum Gasteiger partial charge on any atom is -0.494 e. The van der Waals surface area contributed by atoms with Crippen LogP contribution in [-0.2, 0) is 4.79 Å². The van der Waals surface area contributed by atoms with Gasteiger partial charge in [0.15, 0.2) is 10.6 Å². The van der Waals surface area contributed by atoms with Crippen molar-refractivity contribution in [1.82, 2.24) is 30.8 Å². The zero-order valence-electron chi connectivity index (χ0n) is 16.9. The Kier molecular flexibility index (Phi) is 6.30. The average Bonchev–Trinajstić information content (AvgIpc) is 3.12. The number of carbonyl (C=O) groups excluding carboxylic acids is 1. The van der Waals surface area contributed by atoms with Gasteiger partial charge < -0.3 is 15.4 Å². The Balaban J connectivity index is 1.43. The zero-order valence-corrected chi connectivity index (χ0v) is 18.6. The van der Waals surface area contributed by atoms with Crippen LogP contribution in [0.5, 0.6) is 5.75 Å². The maximum Gasteiger partial charge on any atom is 0.226 e. The van der Waals surface area contributed by atoms with Gasteiger partial charge >= 0.3 is 0 Å². The molecule has 0 saturated carbocycles. The largest absolute Gasteiger partial charge is 0.494 e. The van der Waals surface area contributed by atoms with E-state index in [2.05, 4.69) is 36.1 Å². The van der Waals surface area contributed by atoms with Crippen molar-refractivity contribution in [1.29, 1.82) is 0 Å². The Morgan fingerprint density at radius 1 is 1.30 bits per heavy atom. The van der Waals surface area contributed by atoms with E-state index in [0.717, 1.165) is 37.4 Å². The van der Waals surface area contributed by atoms with Crippen molar-refractivity contribution in [2.75, 3.05) is 17.7 Å². The SMILES string of the molecule is CCOc1ccc2nc(NC3NC(=O)CC(CSc4nnc(C)s4)N3)nc(C)c2c1. The fourth-order valence-electron chi connectivity index (χ4n) is 3.18. The average molecular weight is 446 g/mol. The first-order valence-electron chi connectivity index (χ1n) is 9.66. The third kappa shape index (κ3) is 4.97. The van der Waals surface area contributed by atoms with Gasteiger partial charge in [-0.25, -0.2) is 9.97 Å². The summed E-state index contributed by atoms with van der Waals surface area (Å²) >= 11 is 3.15. The number of anilines is 1. The Morgan fingerprint density at radius 3 is 2.93 bits per heavy atom. The van der Waals surface area contributed by atoms with E-state index in [1.807, 2.05) is 39.0 Å². The highest BCUT2D eigenvalue weighted by molar-refractivity contribution is 8.01. The molecule has 0 radical (unpaired) electrons. The number of hydrogen-bond acceptors (Lipinski definition) is 10. The molecule has 11 heteroatoms. The van der Waals surface area contributed by atoms with Crippen LogP contribution in [0.1, 0.15) is 24.0 Å². The normalized spacial score (nSPS) is 19.0. The molecule has 30 heavy (non-hydrogen) atoms. The van der Waals surface area contributed by atoms with Crippen LogP contribution in [-0.4, -0.2) is 50.8 Å². The summed E-state index contributed by atoms with van der Waals surface area (Å²) in [6, 6.07) is 5.75. The van der Waals surface area contributed by atoms with E-state index in [0.29, 0.717) is 19.0 Å². The minimum absolute atomic E-state index is 0.000704. The second kappa shape index (κ2) is 9.11. The topological polar surface area (TPSA) is 114 Å². The number of benzene rings is 1. The van der Waals surface area contributed by atoms with Crippen LogP contribution in [0.3, 0.4) is 0 Å². The summed E-state index contributed by atoms with van der Waals surface area (Å²) in [5.41, 5.74) is 1.65. The van der Waals surface area contributed by atoms with Crippen LogP contribution in [0.4, 0.5) is 5.95 Å². The van der Waals surface area contributed by atoms with Gasteiger partial charge in [0.1, 0.15) is 10.8 Å². The number of carbonyl (C=O) groups is 1. The highest BCUT2D eigenvalue weighted by atomic mass is 32.2. The van der Waals surface area contributed by atoms with E-state index in [1.54, 1.807) is 23.1 Å². The number of ether oxygens (including phenoxy) is 1. The van der Waals surface area contributed by atoms with E-state index < -0.39 is 6.29 Å². The number of amides is 1. The molecule has 1 amide bonds. The van der Waals surface area contributed by atoms with Crippen molar-refractivity contribution in [2.24, 2.45) is 0 Å². The molecule has 9 nitrogen and oxygen atoms in total. The van der Waals surface area contributed by atoms with Gasteiger partial charge in [-0.3, -0.25) is 10.1 Å². The molecule has 1 aliphatic heterocycles. The van der Waals surface area contributed by atoms with Crippen molar-refractivity contribution in [2.45, 2.75) is 43.9 Å². The minimum atomic E-state index is -0.451. The number of nitrogens with zero attached hydrogens (tertiary/aromatic N) is 4. The second-order valence-corrected chi connectivity index (χ2v) is 9.30. The van der Waals surface area contributed by atoms with E-state index in [-0.39, 0.29) is 11.9 Å². The summed E-state index contributed by atoms with van der Waals surface area (Å²) in [6.45, 7) is 6.42. The van der Waals surface area contributed by atoms with Crippen LogP contribution in [0.15, 0.2) is 22.5 Å². The standard InChI is InChI=1S/C19H23N7O2S2/c1-4-28-13-5-6-15-14(8-13)10(2)20-17(22-15)24-18-21-12(7-16(27)23-18)9-29-19-26-25-11(3)30-19/h5-6,8,12,18,21H,4,7,9H2,1-3H3,(H,23,27)(H,20,22,24). The molecule has 1 saturated heterocycles. The highest BCUT2D eigenvalue weighted by Crippen LogP contribution is 2.25. The fraction of sp³-hybridized carbons (Fsp3) is 0.421. The van der Waals surface area contributed by atoms with E-state index in [9.17, 15) is 4.79 Å². The summed E-state index contributed by atoms with van der Waals surface area (Å²) in [5, 5.41) is 19.5. The molecule has 4 rings (SSSR count). The monoisotopic (exact) mass is 445 g/mol. The number of aryl methyl sites for hydroxylation is 2. The molecular weight excluding hydrogens is 422 g/mol. The van der Waals surface area contributed by atoms with Crippen LogP contribution in [0, 0.1) is 13.8 Å². The Labute approximate surface area is 182 Å². The number of aromatic nitrogens is 4. The van der Waals surface area contributed by atoms with Gasteiger partial charge in [-0.2, -0.15) is 0 Å². The lowest BCUT2D eigenvalue weighted by Gasteiger charge is -2.31. The molecule has 1 fully saturated rings. The van der Waals surface area contributed by atoms with E-state index in [4.69, 9.17) is 4.74 Å². The number of rotatable bonds is 7. The lowest BCUT2D eigenvalue weighted by atomic mass is 10.2. The van der Waals surface area contributed by atoms with Crippen molar-refractivity contribution < 1.29 is 9.53 Å². The van der Waals surface area contributed by atoms with Crippen LogP contribution in [0.2, 0.25) is 0 Å². The van der Waals surface area contributed by atoms with E-state index >= 15 is 0 Å². The van der Waals surface area contributed by atoms with Crippen molar-refractivity contribution in [3.05, 3.63) is 28.9 Å². The van der Waals surface area contributed by atoms with Gasteiger partial charge in [-0.1, -0.05) is 23.1 Å². The van der Waals surface area contributed by atoms with Gasteiger partial charge in [-0.15, -0.1) is 10.2 Å². The molecule has 3 N–H and O–H groups in total. The Bertz CT molecular complexity index is 1060. The summed E-state index contributed by atoms with van der Waals surface area (Å²) < 4.78 is 6.47. The molecule has 158 valence electrons. The Morgan fingerprint density at radius 2 is 2.17 bits per heavy atom. The third-order valence-electron chi connectivity index (χ3n) is 4.50. The van der Waals surface area contributed by atoms with Gasteiger partial charge in [0.05, 0.1) is 17.8 Å². The molecule has 2 atom stereocenters. The number of hydrogen-bond donors (Lipinski definition) is 3. The van der Waals surface area contributed by atoms with Crippen LogP contribution < -0.4 is 20.7 Å². The third-order valence-corrected chi connectivity index (χ3v) is 6.63. The zero-order chi connectivity index (χ0) is 21.1. The molecular formula is C19H23N7O2S2. The molecule has 0 bridgehead atoms. The molecule has 1 aliphatic rings. The summed E-state index contributed by atoms with van der Waals surface area (Å²) in [4.78, 5) is 21.3. The lowest BCUT2D eigenvalue weighted by Crippen LogP contribution is -2.60. The summed E-state index contributed by atoms with van der Waals surface area (Å²) in [6.07, 6.45) is -0.0478. The molecule has 2 aromatic heterocycles. The smallest absolute Gasteiger partial charge is 0.226 e. The quantitative estimate of drug-likeness (QED) is 0.472. The van der Waals surface area contributed by atoms with Gasteiger partial charge in [0.25, 0.3) is 0 Å². The first-order valence-corrected chi connectivity index (χ1v) is 11.5. The van der Waals surface area contributed by atoms with Gasteiger partial charge in [-0.05, 0) is 39.0 Å². The van der Waals surface area contributed by atoms with Crippen LogP contribution >= 0.6 is 23.1 Å². The molecule has 1 aromatic carbocycles. The maximum atomic E-state index is 12.2. The van der Waals surface area contributed by atoms with Gasteiger partial charge in [0, 0.05) is 23.6 Å². The first-order chi connectivity index (χ1) is 14.5. The number of fused-ring (bicyclic) bond motifs is 1. The molecule has 0 aliphatic carbocycles. The lowest BCUT2D eigenvalue weighted by molar-refractivity contribution is -0.123. The molecule has 3 heterocycles. The fourth-order valence-corrected chi connectivity index (χ4v) is 5.06. The maximum absolute atomic E-state index is 12.2. The molecule has 2 unspecified atom stereocenters. The summed E-state index contributed by atoms with van der Waals surface area (Å²) in [7, 11) is 0. The van der Waals surface area contributed by atoms with Crippen molar-refractivity contribution in [3.8, 4) is 5.75 Å². The summed E-state index contributed by atoms with van der Waals surface area (Å²) in [5.74, 6) is 1.95. The molecule has 0 spiro atoms. The van der Waals surface area contributed by atoms with E-state index in [1.165, 1.54) is 0 Å². The molecule has 3 aromatic rings. The Hall–Kier alpha value is -2.50. The predicted molar refractivity (Wildman–Crippen MR) is 118 cm³/mol. The number of nitrogens with one attached hydrogen (secondary N) is 3. The van der Waals surface area contributed by atoms with Crippen LogP contribution in [0.25, 0.3) is 10.9 Å². The van der Waals surface area contributed by atoms with Crippen molar-refractivity contribution in [3.63, 3.8) is 0 Å². The first kappa shape index (κ1) is 20.8. The second-order valence-electron chi connectivity index (χ2n) is 6.86. The van der Waals surface area contributed by atoms with Crippen molar-refractivity contribution >= 4 is 45.9 Å². The predicted octanol–water partition coefficient (Wildman–Crippen LogP) is 2.46. The van der Waals surface area contributed by atoms with Gasteiger partial charge in [0.2, 0.25) is 11.9 Å². The highest BCUT2D eigenvalue weighted by Gasteiger charge is 2.26. The number of thioether (sulfide) groups is 1.